The Morgan fingerprint density at radius 3 is 2.20 bits per heavy atom. The Morgan fingerprint density at radius 2 is 1.67 bits per heavy atom. The smallest absolute Gasteiger partial charge is 0.387 e. The molecule has 0 aliphatic carbocycles. The summed E-state index contributed by atoms with van der Waals surface area (Å²) in [5.74, 6) is -0.952. The summed E-state index contributed by atoms with van der Waals surface area (Å²) in [5.41, 5.74) is 0.450. The monoisotopic (exact) mass is 415 g/mol. The van der Waals surface area contributed by atoms with Gasteiger partial charge in [-0.2, -0.15) is 14.0 Å². The number of benzene rings is 2. The number of esters is 1. The van der Waals surface area contributed by atoms with Gasteiger partial charge in [-0.1, -0.05) is 12.1 Å². The highest BCUT2D eigenvalue weighted by Gasteiger charge is 2.22. The molecule has 0 aromatic heterocycles. The summed E-state index contributed by atoms with van der Waals surface area (Å²) in [5, 5.41) is 9.26. The van der Waals surface area contributed by atoms with E-state index in [2.05, 4.69) is 4.74 Å². The molecule has 0 saturated heterocycles. The first-order valence-corrected chi connectivity index (χ1v) is 8.98. The zero-order valence-electron chi connectivity index (χ0n) is 16.3. The summed E-state index contributed by atoms with van der Waals surface area (Å²) < 4.78 is 39.0. The molecule has 6 nitrogen and oxygen atoms in total. The molecule has 0 radical (unpaired) electrons. The second-order valence-electron chi connectivity index (χ2n) is 5.99. The highest BCUT2D eigenvalue weighted by atomic mass is 19.3. The average molecular weight is 415 g/mol. The number of nitriles is 1. The molecule has 2 rings (SSSR count). The fourth-order valence-electron chi connectivity index (χ4n) is 2.44. The third kappa shape index (κ3) is 6.41. The van der Waals surface area contributed by atoms with E-state index in [1.165, 1.54) is 37.3 Å². The molecule has 156 valence electrons. The molecule has 0 aliphatic heterocycles. The normalized spacial score (nSPS) is 12.1. The standard InChI is InChI=1S/C22H19F2NO5/c1-3-28-18-8-4-15(5-9-18)12-17(13-25)21(27)29-14(2)20(26)16-6-10-19(11-7-16)30-22(23)24/h4-12,14,22H,3H2,1-2H3/b17-12+/t14-/m1/s1. The van der Waals surface area contributed by atoms with Crippen LogP contribution in [-0.4, -0.2) is 31.1 Å². The second-order valence-corrected chi connectivity index (χ2v) is 5.99. The zero-order chi connectivity index (χ0) is 22.1. The Bertz CT molecular complexity index is 947. The third-order valence-electron chi connectivity index (χ3n) is 3.86. The van der Waals surface area contributed by atoms with Crippen molar-refractivity contribution in [2.24, 2.45) is 0 Å². The number of nitrogens with zero attached hydrogens (tertiary/aromatic N) is 1. The first-order valence-electron chi connectivity index (χ1n) is 8.98. The van der Waals surface area contributed by atoms with Gasteiger partial charge in [0.2, 0.25) is 5.78 Å². The van der Waals surface area contributed by atoms with Crippen LogP contribution in [0.5, 0.6) is 11.5 Å². The van der Waals surface area contributed by atoms with Crippen molar-refractivity contribution < 1.29 is 32.6 Å². The summed E-state index contributed by atoms with van der Waals surface area (Å²) in [7, 11) is 0. The van der Waals surface area contributed by atoms with Gasteiger partial charge < -0.3 is 14.2 Å². The Hall–Kier alpha value is -3.73. The van der Waals surface area contributed by atoms with E-state index in [0.29, 0.717) is 17.9 Å². The van der Waals surface area contributed by atoms with E-state index in [0.717, 1.165) is 0 Å². The van der Waals surface area contributed by atoms with Crippen LogP contribution < -0.4 is 9.47 Å². The summed E-state index contributed by atoms with van der Waals surface area (Å²) in [6.07, 6.45) is 0.155. The fourth-order valence-corrected chi connectivity index (χ4v) is 2.44. The number of Topliss-reactive ketones (excluding diaryl/α,β-unsaturated/α-hetero) is 1. The van der Waals surface area contributed by atoms with Crippen molar-refractivity contribution in [3.05, 3.63) is 65.2 Å². The minimum atomic E-state index is -2.97. The van der Waals surface area contributed by atoms with Crippen LogP contribution >= 0.6 is 0 Å². The lowest BCUT2D eigenvalue weighted by Crippen LogP contribution is -2.25. The Morgan fingerprint density at radius 1 is 1.07 bits per heavy atom. The van der Waals surface area contributed by atoms with Crippen LogP contribution in [-0.2, 0) is 9.53 Å². The van der Waals surface area contributed by atoms with Crippen molar-refractivity contribution in [1.82, 2.24) is 0 Å². The van der Waals surface area contributed by atoms with Gasteiger partial charge >= 0.3 is 12.6 Å². The van der Waals surface area contributed by atoms with Gasteiger partial charge in [0.1, 0.15) is 23.1 Å². The number of hydrogen-bond acceptors (Lipinski definition) is 6. The van der Waals surface area contributed by atoms with Crippen LogP contribution in [0, 0.1) is 11.3 Å². The fraction of sp³-hybridized carbons (Fsp3) is 0.227. The molecule has 0 unspecified atom stereocenters. The largest absolute Gasteiger partial charge is 0.494 e. The number of carbonyl (C=O) groups is 2. The Labute approximate surface area is 172 Å². The van der Waals surface area contributed by atoms with Crippen LogP contribution in [0.25, 0.3) is 6.08 Å². The minimum Gasteiger partial charge on any atom is -0.494 e. The first-order chi connectivity index (χ1) is 14.3. The highest BCUT2D eigenvalue weighted by Crippen LogP contribution is 2.18. The van der Waals surface area contributed by atoms with Crippen LogP contribution in [0.3, 0.4) is 0 Å². The van der Waals surface area contributed by atoms with Crippen LogP contribution in [0.1, 0.15) is 29.8 Å². The van der Waals surface area contributed by atoms with Gasteiger partial charge in [0.25, 0.3) is 0 Å². The number of carbonyl (C=O) groups excluding carboxylic acids is 2. The Balaban J connectivity index is 2.05. The van der Waals surface area contributed by atoms with E-state index < -0.39 is 24.5 Å². The molecule has 0 bridgehead atoms. The van der Waals surface area contributed by atoms with Gasteiger partial charge in [-0.15, -0.1) is 0 Å². The molecular weight excluding hydrogens is 396 g/mol. The van der Waals surface area contributed by atoms with Crippen molar-refractivity contribution in [2.75, 3.05) is 6.61 Å². The van der Waals surface area contributed by atoms with Crippen LogP contribution in [0.2, 0.25) is 0 Å². The predicted octanol–water partition coefficient (Wildman–Crippen LogP) is 4.41. The van der Waals surface area contributed by atoms with Gasteiger partial charge in [-0.3, -0.25) is 4.79 Å². The average Bonchev–Trinajstić information content (AvgIpc) is 2.72. The first kappa shape index (κ1) is 22.6. The molecule has 30 heavy (non-hydrogen) atoms. The van der Waals surface area contributed by atoms with E-state index in [-0.39, 0.29) is 16.9 Å². The summed E-state index contributed by atoms with van der Waals surface area (Å²) in [6.45, 7) is 0.748. The molecule has 0 spiro atoms. The molecule has 2 aromatic rings. The molecule has 1 atom stereocenters. The highest BCUT2D eigenvalue weighted by molar-refractivity contribution is 6.03. The van der Waals surface area contributed by atoms with Crippen LogP contribution in [0.15, 0.2) is 54.1 Å². The molecule has 0 fully saturated rings. The van der Waals surface area contributed by atoms with Gasteiger partial charge in [-0.05, 0) is 61.9 Å². The molecule has 0 saturated carbocycles. The lowest BCUT2D eigenvalue weighted by Gasteiger charge is -2.12. The molecular formula is C22H19F2NO5. The summed E-state index contributed by atoms with van der Waals surface area (Å²) >= 11 is 0. The third-order valence-corrected chi connectivity index (χ3v) is 3.86. The van der Waals surface area contributed by atoms with Gasteiger partial charge in [-0.25, -0.2) is 4.79 Å². The lowest BCUT2D eigenvalue weighted by atomic mass is 10.1. The summed E-state index contributed by atoms with van der Waals surface area (Å²) in [6, 6.07) is 13.5. The van der Waals surface area contributed by atoms with Crippen molar-refractivity contribution in [3.63, 3.8) is 0 Å². The SMILES string of the molecule is CCOc1ccc(/C=C(\C#N)C(=O)O[C@H](C)C(=O)c2ccc(OC(F)F)cc2)cc1. The van der Waals surface area contributed by atoms with E-state index in [9.17, 15) is 23.6 Å². The van der Waals surface area contributed by atoms with Crippen molar-refractivity contribution in [2.45, 2.75) is 26.6 Å². The van der Waals surface area contributed by atoms with Crippen molar-refractivity contribution >= 4 is 17.8 Å². The number of ether oxygens (including phenoxy) is 3. The van der Waals surface area contributed by atoms with E-state index in [1.807, 2.05) is 6.92 Å². The van der Waals surface area contributed by atoms with E-state index in [1.54, 1.807) is 30.3 Å². The molecule has 2 aromatic carbocycles. The van der Waals surface area contributed by atoms with Gasteiger partial charge in [0, 0.05) is 5.56 Å². The topological polar surface area (TPSA) is 85.6 Å². The number of hydrogen-bond donors (Lipinski definition) is 0. The number of rotatable bonds is 9. The van der Waals surface area contributed by atoms with Crippen LogP contribution in [0.4, 0.5) is 8.78 Å². The molecule has 0 heterocycles. The van der Waals surface area contributed by atoms with Crippen molar-refractivity contribution in [3.8, 4) is 17.6 Å². The lowest BCUT2D eigenvalue weighted by molar-refractivity contribution is -0.141. The summed E-state index contributed by atoms with van der Waals surface area (Å²) in [4.78, 5) is 24.7. The molecule has 0 aliphatic rings. The predicted molar refractivity (Wildman–Crippen MR) is 104 cm³/mol. The van der Waals surface area contributed by atoms with Crippen molar-refractivity contribution in [1.29, 1.82) is 5.26 Å². The minimum absolute atomic E-state index is 0.101. The zero-order valence-corrected chi connectivity index (χ0v) is 16.3. The van der Waals surface area contributed by atoms with E-state index >= 15 is 0 Å². The van der Waals surface area contributed by atoms with Gasteiger partial charge in [0.05, 0.1) is 6.61 Å². The maximum Gasteiger partial charge on any atom is 0.387 e. The number of ketones is 1. The maximum absolute atomic E-state index is 12.4. The van der Waals surface area contributed by atoms with Gasteiger partial charge in [0.15, 0.2) is 6.10 Å². The molecule has 0 N–H and O–H groups in total. The Kier molecular flexibility index (Phi) is 8.06. The quantitative estimate of drug-likeness (QED) is 0.261. The molecule has 0 amide bonds. The van der Waals surface area contributed by atoms with E-state index in [4.69, 9.17) is 9.47 Å². The number of alkyl halides is 2. The number of halogens is 2. The second kappa shape index (κ2) is 10.7. The molecule has 8 heteroatoms. The maximum atomic E-state index is 12.4.